The van der Waals surface area contributed by atoms with Crippen molar-refractivity contribution in [2.75, 3.05) is 5.32 Å². The summed E-state index contributed by atoms with van der Waals surface area (Å²) in [7, 11) is 0. The van der Waals surface area contributed by atoms with Gasteiger partial charge in [0, 0.05) is 10.7 Å². The number of anilines is 1. The lowest BCUT2D eigenvalue weighted by Crippen LogP contribution is -2.32. The molecule has 0 aromatic heterocycles. The van der Waals surface area contributed by atoms with Crippen molar-refractivity contribution in [3.8, 4) is 5.75 Å². The van der Waals surface area contributed by atoms with Gasteiger partial charge >= 0.3 is 17.8 Å². The van der Waals surface area contributed by atoms with E-state index in [9.17, 15) is 14.4 Å². The fourth-order valence-electron chi connectivity index (χ4n) is 2.89. The lowest BCUT2D eigenvalue weighted by Gasteiger charge is -2.06. The third-order valence-electron chi connectivity index (χ3n) is 4.19. The molecular formula is C24H20ClN3O4. The Morgan fingerprint density at radius 1 is 0.906 bits per heavy atom. The van der Waals surface area contributed by atoms with Crippen LogP contribution in [0.2, 0.25) is 5.02 Å². The number of nitrogens with zero attached hydrogens (tertiary/aromatic N) is 1. The molecule has 0 spiro atoms. The van der Waals surface area contributed by atoms with Crippen LogP contribution in [-0.2, 0) is 9.59 Å². The summed E-state index contributed by atoms with van der Waals surface area (Å²) >= 11 is 5.89. The normalized spacial score (nSPS) is 10.6. The monoisotopic (exact) mass is 449 g/mol. The van der Waals surface area contributed by atoms with Crippen LogP contribution in [0.4, 0.5) is 5.69 Å². The first-order chi connectivity index (χ1) is 15.3. The Hall–Kier alpha value is -3.97. The van der Waals surface area contributed by atoms with Gasteiger partial charge in [-0.15, -0.1) is 0 Å². The quantitative estimate of drug-likeness (QED) is 0.200. The van der Waals surface area contributed by atoms with E-state index >= 15 is 0 Å². The summed E-state index contributed by atoms with van der Waals surface area (Å²) in [5, 5.41) is 6.74. The van der Waals surface area contributed by atoms with E-state index in [1.807, 2.05) is 19.9 Å². The van der Waals surface area contributed by atoms with Gasteiger partial charge in [0.25, 0.3) is 0 Å². The molecule has 0 aliphatic carbocycles. The van der Waals surface area contributed by atoms with Crippen LogP contribution >= 0.6 is 11.6 Å². The van der Waals surface area contributed by atoms with Crippen molar-refractivity contribution in [1.82, 2.24) is 5.43 Å². The molecule has 0 bridgehead atoms. The van der Waals surface area contributed by atoms with Gasteiger partial charge in [0.2, 0.25) is 0 Å². The zero-order valence-electron chi connectivity index (χ0n) is 17.4. The maximum absolute atomic E-state index is 12.2. The second-order valence-electron chi connectivity index (χ2n) is 7.00. The van der Waals surface area contributed by atoms with E-state index in [1.54, 1.807) is 54.6 Å². The SMILES string of the molecule is Cc1cc(C)cc(NC(=O)C(=O)NN=Cc2cccc(OC(=O)c3cccc(Cl)c3)c2)c1. The van der Waals surface area contributed by atoms with Crippen LogP contribution in [0.3, 0.4) is 0 Å². The van der Waals surface area contributed by atoms with Crippen LogP contribution in [0, 0.1) is 13.8 Å². The molecule has 2 amide bonds. The second-order valence-corrected chi connectivity index (χ2v) is 7.44. The molecule has 32 heavy (non-hydrogen) atoms. The zero-order chi connectivity index (χ0) is 23.1. The molecule has 0 unspecified atom stereocenters. The van der Waals surface area contributed by atoms with Gasteiger partial charge in [0.05, 0.1) is 11.8 Å². The van der Waals surface area contributed by atoms with Crippen molar-refractivity contribution in [3.63, 3.8) is 0 Å². The first-order valence-corrected chi connectivity index (χ1v) is 9.98. The molecular weight excluding hydrogens is 430 g/mol. The number of hydrazone groups is 1. The maximum Gasteiger partial charge on any atom is 0.343 e. The number of rotatable bonds is 5. The third-order valence-corrected chi connectivity index (χ3v) is 4.43. The topological polar surface area (TPSA) is 96.9 Å². The first kappa shape index (κ1) is 22.7. The Kier molecular flexibility index (Phi) is 7.36. The molecule has 0 radical (unpaired) electrons. The second kappa shape index (κ2) is 10.4. The average molecular weight is 450 g/mol. The number of amides is 2. The van der Waals surface area contributed by atoms with E-state index in [2.05, 4.69) is 15.8 Å². The number of aryl methyl sites for hydroxylation is 2. The highest BCUT2D eigenvalue weighted by atomic mass is 35.5. The molecule has 0 atom stereocenters. The Labute approximate surface area is 190 Å². The lowest BCUT2D eigenvalue weighted by molar-refractivity contribution is -0.136. The van der Waals surface area contributed by atoms with E-state index in [0.717, 1.165) is 11.1 Å². The standard InChI is InChI=1S/C24H20ClN3O4/c1-15-9-16(2)11-20(10-15)27-22(29)23(30)28-26-14-17-5-3-8-21(12-17)32-24(31)18-6-4-7-19(25)13-18/h3-14H,1-2H3,(H,27,29)(H,28,30). The van der Waals surface area contributed by atoms with Crippen LogP contribution in [0.25, 0.3) is 0 Å². The van der Waals surface area contributed by atoms with Crippen LogP contribution in [0.15, 0.2) is 71.8 Å². The maximum atomic E-state index is 12.2. The molecule has 0 fully saturated rings. The van der Waals surface area contributed by atoms with Gasteiger partial charge < -0.3 is 10.1 Å². The van der Waals surface area contributed by atoms with Gasteiger partial charge in [-0.1, -0.05) is 35.9 Å². The molecule has 0 saturated heterocycles. The number of benzene rings is 3. The molecule has 3 rings (SSSR count). The Bertz CT molecular complexity index is 1190. The lowest BCUT2D eigenvalue weighted by atomic mass is 10.1. The van der Waals surface area contributed by atoms with E-state index in [0.29, 0.717) is 21.8 Å². The molecule has 3 aromatic carbocycles. The smallest absolute Gasteiger partial charge is 0.343 e. The van der Waals surface area contributed by atoms with Crippen molar-refractivity contribution in [2.45, 2.75) is 13.8 Å². The molecule has 8 heteroatoms. The number of halogens is 1. The fraction of sp³-hybridized carbons (Fsp3) is 0.0833. The van der Waals surface area contributed by atoms with Gasteiger partial charge in [-0.3, -0.25) is 9.59 Å². The van der Waals surface area contributed by atoms with E-state index in [-0.39, 0.29) is 5.75 Å². The van der Waals surface area contributed by atoms with Gasteiger partial charge in [0.15, 0.2) is 0 Å². The highest BCUT2D eigenvalue weighted by Gasteiger charge is 2.13. The van der Waals surface area contributed by atoms with Crippen LogP contribution in [-0.4, -0.2) is 24.0 Å². The van der Waals surface area contributed by atoms with Crippen molar-refractivity contribution in [1.29, 1.82) is 0 Å². The molecule has 162 valence electrons. The van der Waals surface area contributed by atoms with Crippen molar-refractivity contribution in [2.24, 2.45) is 5.10 Å². The molecule has 7 nitrogen and oxygen atoms in total. The zero-order valence-corrected chi connectivity index (χ0v) is 18.1. The minimum Gasteiger partial charge on any atom is -0.423 e. The van der Waals surface area contributed by atoms with Crippen molar-refractivity contribution in [3.05, 3.63) is 94.0 Å². The molecule has 0 heterocycles. The largest absolute Gasteiger partial charge is 0.423 e. The Morgan fingerprint density at radius 2 is 1.62 bits per heavy atom. The van der Waals surface area contributed by atoms with Gasteiger partial charge in [-0.25, -0.2) is 10.2 Å². The number of ether oxygens (including phenoxy) is 1. The molecule has 2 N–H and O–H groups in total. The van der Waals surface area contributed by atoms with Gasteiger partial charge in [-0.05, 0) is 73.0 Å². The fourth-order valence-corrected chi connectivity index (χ4v) is 3.08. The average Bonchev–Trinajstić information content (AvgIpc) is 2.73. The van der Waals surface area contributed by atoms with E-state index in [4.69, 9.17) is 16.3 Å². The predicted molar refractivity (Wildman–Crippen MR) is 123 cm³/mol. The number of carbonyl (C=O) groups excluding carboxylic acids is 3. The number of hydrogen-bond donors (Lipinski definition) is 2. The number of nitrogens with one attached hydrogen (secondary N) is 2. The summed E-state index contributed by atoms with van der Waals surface area (Å²) in [4.78, 5) is 36.3. The number of carbonyl (C=O) groups is 3. The summed E-state index contributed by atoms with van der Waals surface area (Å²) in [5.74, 6) is -2.02. The predicted octanol–water partition coefficient (Wildman–Crippen LogP) is 4.26. The molecule has 0 aliphatic heterocycles. The summed E-state index contributed by atoms with van der Waals surface area (Å²) < 4.78 is 5.34. The summed E-state index contributed by atoms with van der Waals surface area (Å²) in [5.41, 5.74) is 5.50. The molecule has 3 aromatic rings. The van der Waals surface area contributed by atoms with E-state index in [1.165, 1.54) is 12.3 Å². The van der Waals surface area contributed by atoms with Gasteiger partial charge in [-0.2, -0.15) is 5.10 Å². The van der Waals surface area contributed by atoms with Crippen molar-refractivity contribution < 1.29 is 19.1 Å². The van der Waals surface area contributed by atoms with Crippen LogP contribution < -0.4 is 15.5 Å². The van der Waals surface area contributed by atoms with Crippen LogP contribution in [0.1, 0.15) is 27.0 Å². The Morgan fingerprint density at radius 3 is 2.34 bits per heavy atom. The number of esters is 1. The summed E-state index contributed by atoms with van der Waals surface area (Å²) in [6.45, 7) is 3.79. The van der Waals surface area contributed by atoms with Gasteiger partial charge in [0.1, 0.15) is 5.75 Å². The van der Waals surface area contributed by atoms with Crippen LogP contribution in [0.5, 0.6) is 5.75 Å². The molecule has 0 aliphatic rings. The third kappa shape index (κ3) is 6.52. The summed E-state index contributed by atoms with van der Waals surface area (Å²) in [6.07, 6.45) is 1.33. The Balaban J connectivity index is 1.57. The number of hydrogen-bond acceptors (Lipinski definition) is 5. The minimum atomic E-state index is -0.913. The first-order valence-electron chi connectivity index (χ1n) is 9.60. The summed E-state index contributed by atoms with van der Waals surface area (Å²) in [6, 6.07) is 18.4. The minimum absolute atomic E-state index is 0.290. The molecule has 0 saturated carbocycles. The highest BCUT2D eigenvalue weighted by molar-refractivity contribution is 6.39. The van der Waals surface area contributed by atoms with E-state index < -0.39 is 17.8 Å². The van der Waals surface area contributed by atoms with Crippen molar-refractivity contribution >= 4 is 41.3 Å². The highest BCUT2D eigenvalue weighted by Crippen LogP contribution is 2.17.